The summed E-state index contributed by atoms with van der Waals surface area (Å²) in [5, 5.41) is 28.7. The van der Waals surface area contributed by atoms with Crippen LogP contribution in [0, 0.1) is 29.1 Å². The first-order chi connectivity index (χ1) is 14.0. The fourth-order valence-electron chi connectivity index (χ4n) is 4.39. The summed E-state index contributed by atoms with van der Waals surface area (Å²) in [6, 6.07) is 2.41. The number of aliphatic hydroxyl groups is 1. The molecule has 2 N–H and O–H groups in total. The van der Waals surface area contributed by atoms with Crippen molar-refractivity contribution in [2.24, 2.45) is 17.8 Å². The Balaban J connectivity index is 2.03. The van der Waals surface area contributed by atoms with Crippen LogP contribution >= 0.6 is 0 Å². The summed E-state index contributed by atoms with van der Waals surface area (Å²) in [6.45, 7) is 3.21. The maximum absolute atomic E-state index is 10.6. The fourth-order valence-corrected chi connectivity index (χ4v) is 4.39. The summed E-state index contributed by atoms with van der Waals surface area (Å²) in [7, 11) is 0. The van der Waals surface area contributed by atoms with E-state index in [1.54, 1.807) is 0 Å². The van der Waals surface area contributed by atoms with E-state index < -0.39 is 17.9 Å². The highest BCUT2D eigenvalue weighted by Gasteiger charge is 2.56. The van der Waals surface area contributed by atoms with Gasteiger partial charge in [0.2, 0.25) is 0 Å². The number of carbonyl (C=O) groups is 1. The largest absolute Gasteiger partial charge is 0.481 e. The zero-order valence-electron chi connectivity index (χ0n) is 17.5. The second-order valence-corrected chi connectivity index (χ2v) is 8.07. The van der Waals surface area contributed by atoms with Crippen LogP contribution in [0.1, 0.15) is 64.7 Å². The number of hydrogen-bond donors (Lipinski definition) is 2. The topological polar surface area (TPSA) is 99.8 Å². The summed E-state index contributed by atoms with van der Waals surface area (Å²) >= 11 is 0. The average molecular weight is 406 g/mol. The van der Waals surface area contributed by atoms with Gasteiger partial charge in [-0.3, -0.25) is 4.79 Å². The van der Waals surface area contributed by atoms with Gasteiger partial charge in [0.15, 0.2) is 5.79 Å². The van der Waals surface area contributed by atoms with Crippen LogP contribution in [-0.2, 0) is 14.3 Å². The van der Waals surface area contributed by atoms with Gasteiger partial charge in [-0.2, -0.15) is 5.26 Å². The number of carboxylic acids is 1. The summed E-state index contributed by atoms with van der Waals surface area (Å²) < 4.78 is 12.0. The minimum absolute atomic E-state index is 0.00413. The molecular formula is C23H35NO5. The van der Waals surface area contributed by atoms with Crippen molar-refractivity contribution in [1.82, 2.24) is 0 Å². The first-order valence-corrected chi connectivity index (χ1v) is 10.9. The van der Waals surface area contributed by atoms with Gasteiger partial charge >= 0.3 is 5.97 Å². The molecule has 0 amide bonds. The number of allylic oxidation sites excluding steroid dienone is 3. The molecular weight excluding hydrogens is 370 g/mol. The van der Waals surface area contributed by atoms with Gasteiger partial charge in [-0.1, -0.05) is 50.5 Å². The van der Waals surface area contributed by atoms with Crippen molar-refractivity contribution < 1.29 is 24.5 Å². The molecule has 1 aliphatic carbocycles. The lowest BCUT2D eigenvalue weighted by Crippen LogP contribution is -2.36. The lowest BCUT2D eigenvalue weighted by Gasteiger charge is -2.30. The maximum Gasteiger partial charge on any atom is 0.303 e. The number of nitrogens with zero attached hydrogens (tertiary/aromatic N) is 1. The van der Waals surface area contributed by atoms with E-state index in [1.807, 2.05) is 18.2 Å². The molecule has 2 rings (SSSR count). The van der Waals surface area contributed by atoms with E-state index in [0.717, 1.165) is 25.7 Å². The minimum Gasteiger partial charge on any atom is -0.481 e. The number of hydrogen-bond acceptors (Lipinski definition) is 5. The predicted molar refractivity (Wildman–Crippen MR) is 110 cm³/mol. The fraction of sp³-hybridized carbons (Fsp3) is 0.739. The Hall–Kier alpha value is -1.68. The van der Waals surface area contributed by atoms with Gasteiger partial charge in [-0.05, 0) is 25.7 Å². The van der Waals surface area contributed by atoms with Gasteiger partial charge < -0.3 is 19.7 Å². The molecule has 0 aromatic carbocycles. The summed E-state index contributed by atoms with van der Waals surface area (Å²) in [4.78, 5) is 10.6. The molecule has 0 radical (unpaired) electrons. The van der Waals surface area contributed by atoms with Crippen molar-refractivity contribution >= 4 is 5.97 Å². The highest BCUT2D eigenvalue weighted by molar-refractivity contribution is 5.66. The molecule has 6 nitrogen and oxygen atoms in total. The standard InChI is InChI=1S/C23H35NO5/c1-2-3-6-9-19(25)12-13-20-18(17-24)16-23(28-14-15-29-23)21(20)10-7-4-5-8-11-22(26)27/h4,7,12-13,18-21,25H,2-3,5-6,8-11,14-16H2,1H3,(H,26,27)/t18-,19-,20?,21?/m1/s1. The lowest BCUT2D eigenvalue weighted by atomic mass is 9.85. The molecule has 29 heavy (non-hydrogen) atoms. The van der Waals surface area contributed by atoms with Gasteiger partial charge in [0.05, 0.1) is 31.3 Å². The second kappa shape index (κ2) is 12.1. The van der Waals surface area contributed by atoms with Crippen molar-refractivity contribution in [2.45, 2.75) is 76.6 Å². The van der Waals surface area contributed by atoms with Crippen molar-refractivity contribution in [3.05, 3.63) is 24.3 Å². The number of ether oxygens (including phenoxy) is 2. The quantitative estimate of drug-likeness (QED) is 0.373. The van der Waals surface area contributed by atoms with E-state index in [9.17, 15) is 15.2 Å². The van der Waals surface area contributed by atoms with Crippen LogP contribution in [0.5, 0.6) is 0 Å². The Morgan fingerprint density at radius 2 is 2.03 bits per heavy atom. The Labute approximate surface area is 174 Å². The van der Waals surface area contributed by atoms with Gasteiger partial charge in [-0.15, -0.1) is 0 Å². The predicted octanol–water partition coefficient (Wildman–Crippen LogP) is 4.20. The van der Waals surface area contributed by atoms with Crippen molar-refractivity contribution in [2.75, 3.05) is 13.2 Å². The number of nitriles is 1. The van der Waals surface area contributed by atoms with Gasteiger partial charge in [0.25, 0.3) is 0 Å². The molecule has 1 heterocycles. The lowest BCUT2D eigenvalue weighted by molar-refractivity contribution is -0.184. The van der Waals surface area contributed by atoms with Crippen LogP contribution < -0.4 is 0 Å². The molecule has 2 aliphatic rings. The number of aliphatic carboxylic acids is 1. The number of rotatable bonds is 12. The van der Waals surface area contributed by atoms with E-state index >= 15 is 0 Å². The van der Waals surface area contributed by atoms with Crippen molar-refractivity contribution in [3.63, 3.8) is 0 Å². The summed E-state index contributed by atoms with van der Waals surface area (Å²) in [5.41, 5.74) is 0. The van der Waals surface area contributed by atoms with Crippen LogP contribution in [-0.4, -0.2) is 41.3 Å². The van der Waals surface area contributed by atoms with Crippen molar-refractivity contribution in [3.8, 4) is 6.07 Å². The highest BCUT2D eigenvalue weighted by atomic mass is 16.7. The Morgan fingerprint density at radius 1 is 1.28 bits per heavy atom. The summed E-state index contributed by atoms with van der Waals surface area (Å²) in [6.07, 6.45) is 14.1. The molecule has 6 heteroatoms. The molecule has 1 saturated heterocycles. The van der Waals surface area contributed by atoms with Gasteiger partial charge in [-0.25, -0.2) is 0 Å². The molecule has 0 aromatic heterocycles. The Morgan fingerprint density at radius 3 is 2.69 bits per heavy atom. The third-order valence-electron chi connectivity index (χ3n) is 5.92. The first-order valence-electron chi connectivity index (χ1n) is 10.9. The second-order valence-electron chi connectivity index (χ2n) is 8.07. The molecule has 2 fully saturated rings. The molecule has 162 valence electrons. The SMILES string of the molecule is CCCCC[C@@H](O)C=CC1C(CC=CCCCC(=O)O)C2(C[C@@H]1C#N)OCCO2. The highest BCUT2D eigenvalue weighted by Crippen LogP contribution is 2.51. The van der Waals surface area contributed by atoms with Crippen LogP contribution in [0.2, 0.25) is 0 Å². The van der Waals surface area contributed by atoms with E-state index in [2.05, 4.69) is 19.1 Å². The van der Waals surface area contributed by atoms with Crippen molar-refractivity contribution in [1.29, 1.82) is 5.26 Å². The molecule has 1 aliphatic heterocycles. The Bertz CT molecular complexity index is 603. The zero-order valence-corrected chi connectivity index (χ0v) is 17.5. The number of aliphatic hydroxyl groups excluding tert-OH is 1. The molecule has 1 spiro atoms. The van der Waals surface area contributed by atoms with Crippen LogP contribution in [0.15, 0.2) is 24.3 Å². The third-order valence-corrected chi connectivity index (χ3v) is 5.92. The molecule has 0 aromatic rings. The molecule has 1 saturated carbocycles. The van der Waals surface area contributed by atoms with E-state index in [1.165, 1.54) is 0 Å². The maximum atomic E-state index is 10.6. The van der Waals surface area contributed by atoms with Gasteiger partial charge in [0.1, 0.15) is 0 Å². The zero-order chi connectivity index (χ0) is 21.1. The van der Waals surface area contributed by atoms with E-state index in [4.69, 9.17) is 14.6 Å². The Kier molecular flexibility index (Phi) is 9.86. The monoisotopic (exact) mass is 405 g/mol. The third kappa shape index (κ3) is 6.95. The first kappa shape index (κ1) is 23.6. The van der Waals surface area contributed by atoms with Crippen LogP contribution in [0.4, 0.5) is 0 Å². The number of unbranched alkanes of at least 4 members (excludes halogenated alkanes) is 3. The molecule has 2 unspecified atom stereocenters. The van der Waals surface area contributed by atoms with E-state index in [-0.39, 0.29) is 24.2 Å². The van der Waals surface area contributed by atoms with Gasteiger partial charge in [0, 0.05) is 24.7 Å². The number of carboxylic acid groups (broad SMARTS) is 1. The normalized spacial score (nSPS) is 27.1. The smallest absolute Gasteiger partial charge is 0.303 e. The summed E-state index contributed by atoms with van der Waals surface area (Å²) in [5.74, 6) is -1.75. The van der Waals surface area contributed by atoms with Crippen LogP contribution in [0.3, 0.4) is 0 Å². The van der Waals surface area contributed by atoms with E-state index in [0.29, 0.717) is 38.9 Å². The average Bonchev–Trinajstić information content (AvgIpc) is 3.28. The minimum atomic E-state index is -0.777. The molecule has 4 atom stereocenters. The molecule has 0 bridgehead atoms. The van der Waals surface area contributed by atoms with Crippen LogP contribution in [0.25, 0.3) is 0 Å².